The number of primary amides is 1. The molecule has 1 aliphatic rings. The van der Waals surface area contributed by atoms with Crippen LogP contribution in [0.1, 0.15) is 51.3 Å². The Labute approximate surface area is 163 Å². The van der Waals surface area contributed by atoms with E-state index in [2.05, 4.69) is 10.2 Å². The maximum atomic E-state index is 12.5. The maximum absolute atomic E-state index is 12.5. The minimum Gasteiger partial charge on any atom is -0.460 e. The molecule has 0 aromatic carbocycles. The fourth-order valence-electron chi connectivity index (χ4n) is 3.04. The van der Waals surface area contributed by atoms with Crippen molar-refractivity contribution < 1.29 is 23.9 Å². The van der Waals surface area contributed by atoms with Gasteiger partial charge >= 0.3 is 5.97 Å². The van der Waals surface area contributed by atoms with Gasteiger partial charge in [0, 0.05) is 7.11 Å². The van der Waals surface area contributed by atoms with Gasteiger partial charge in [-0.05, 0) is 38.4 Å². The van der Waals surface area contributed by atoms with Crippen molar-refractivity contribution in [2.75, 3.05) is 45.3 Å². The number of hydrogen-bond donors (Lipinski definition) is 2. The lowest BCUT2D eigenvalue weighted by Crippen LogP contribution is -2.34. The molecule has 0 spiro atoms. The molecule has 1 aromatic rings. The number of nitrogens with one attached hydrogen (secondary N) is 1. The van der Waals surface area contributed by atoms with E-state index in [4.69, 9.17) is 15.2 Å². The molecule has 2 amide bonds. The molecule has 1 fully saturated rings. The lowest BCUT2D eigenvalue weighted by Gasteiger charge is -2.18. The number of ether oxygens (including phenoxy) is 2. The van der Waals surface area contributed by atoms with E-state index in [-0.39, 0.29) is 36.1 Å². The highest BCUT2D eigenvalue weighted by molar-refractivity contribution is 7.18. The van der Waals surface area contributed by atoms with Gasteiger partial charge in [-0.15, -0.1) is 11.3 Å². The fourth-order valence-corrected chi connectivity index (χ4v) is 4.10. The molecule has 8 nitrogen and oxygen atoms in total. The number of hydrogen-bond acceptors (Lipinski definition) is 7. The van der Waals surface area contributed by atoms with Crippen LogP contribution in [0.4, 0.5) is 5.00 Å². The summed E-state index contributed by atoms with van der Waals surface area (Å²) in [5, 5.41) is 3.06. The van der Waals surface area contributed by atoms with Gasteiger partial charge in [-0.1, -0.05) is 12.8 Å². The Bertz CT molecular complexity index is 681. The Morgan fingerprint density at radius 3 is 2.41 bits per heavy atom. The molecule has 0 radical (unpaired) electrons. The van der Waals surface area contributed by atoms with E-state index >= 15 is 0 Å². The molecule has 9 heteroatoms. The van der Waals surface area contributed by atoms with Crippen molar-refractivity contribution in [1.29, 1.82) is 0 Å². The van der Waals surface area contributed by atoms with E-state index < -0.39 is 11.9 Å². The number of likely N-dealkylation sites (tertiary alicyclic amines) is 1. The summed E-state index contributed by atoms with van der Waals surface area (Å²) in [7, 11) is 1.50. The minimum absolute atomic E-state index is 0.0810. The van der Waals surface area contributed by atoms with Gasteiger partial charge in [0.1, 0.15) is 11.6 Å². The third-order valence-corrected chi connectivity index (χ3v) is 5.64. The van der Waals surface area contributed by atoms with E-state index in [1.54, 1.807) is 6.92 Å². The molecule has 2 heterocycles. The van der Waals surface area contributed by atoms with E-state index in [0.717, 1.165) is 37.3 Å². The first kappa shape index (κ1) is 21.3. The molecule has 1 saturated heterocycles. The molecule has 0 aliphatic carbocycles. The van der Waals surface area contributed by atoms with Crippen molar-refractivity contribution in [2.45, 2.75) is 32.6 Å². The van der Waals surface area contributed by atoms with Gasteiger partial charge in [-0.2, -0.15) is 0 Å². The molecular weight excluding hydrogens is 370 g/mol. The second-order valence-corrected chi connectivity index (χ2v) is 7.51. The third-order valence-electron chi connectivity index (χ3n) is 4.41. The van der Waals surface area contributed by atoms with E-state index in [1.165, 1.54) is 20.0 Å². The Morgan fingerprint density at radius 2 is 1.81 bits per heavy atom. The smallest absolute Gasteiger partial charge is 0.341 e. The topological polar surface area (TPSA) is 111 Å². The van der Waals surface area contributed by atoms with Crippen LogP contribution >= 0.6 is 11.3 Å². The summed E-state index contributed by atoms with van der Waals surface area (Å²) in [6.07, 6.45) is 4.52. The van der Waals surface area contributed by atoms with Crippen LogP contribution in [0.15, 0.2) is 0 Å². The number of rotatable bonds is 8. The van der Waals surface area contributed by atoms with E-state index in [9.17, 15) is 14.4 Å². The number of nitrogens with two attached hydrogens (primary N) is 1. The van der Waals surface area contributed by atoms with Crippen LogP contribution in [0.5, 0.6) is 0 Å². The SMILES string of the molecule is COCCOC(=O)c1c(NC(=O)CN2CCCCCC2)sc(C(N)=O)c1C. The Hall–Kier alpha value is -1.97. The number of esters is 1. The fraction of sp³-hybridized carbons (Fsp3) is 0.611. The summed E-state index contributed by atoms with van der Waals surface area (Å²) in [5.74, 6) is -1.48. The first-order chi connectivity index (χ1) is 12.9. The van der Waals surface area contributed by atoms with E-state index in [1.807, 2.05) is 0 Å². The monoisotopic (exact) mass is 397 g/mol. The second-order valence-electron chi connectivity index (χ2n) is 6.49. The molecule has 1 aromatic heterocycles. The van der Waals surface area contributed by atoms with Gasteiger partial charge in [-0.3, -0.25) is 14.5 Å². The number of carbonyl (C=O) groups excluding carboxylic acids is 3. The molecular formula is C18H27N3O5S. The number of thiophene rings is 1. The summed E-state index contributed by atoms with van der Waals surface area (Å²) in [6.45, 7) is 3.98. The normalized spacial score (nSPS) is 15.2. The first-order valence-electron chi connectivity index (χ1n) is 9.05. The standard InChI is InChI=1S/C18H27N3O5S/c1-12-14(18(24)26-10-9-25-2)17(27-15(12)16(19)23)20-13(22)11-21-7-5-3-4-6-8-21/h3-11H2,1-2H3,(H2,19,23)(H,20,22). The van der Waals surface area contributed by atoms with Crippen LogP contribution in [0.2, 0.25) is 0 Å². The molecule has 27 heavy (non-hydrogen) atoms. The predicted octanol–water partition coefficient (Wildman–Crippen LogP) is 1.77. The van der Waals surface area contributed by atoms with Gasteiger partial charge in [-0.25, -0.2) is 4.79 Å². The lowest BCUT2D eigenvalue weighted by molar-refractivity contribution is -0.117. The molecule has 0 saturated carbocycles. The number of methoxy groups -OCH3 is 1. The first-order valence-corrected chi connectivity index (χ1v) is 9.87. The zero-order valence-corrected chi connectivity index (χ0v) is 16.7. The van der Waals surface area contributed by atoms with E-state index in [0.29, 0.717) is 10.6 Å². The summed E-state index contributed by atoms with van der Waals surface area (Å²) < 4.78 is 10.0. The zero-order valence-electron chi connectivity index (χ0n) is 15.8. The van der Waals surface area contributed by atoms with Gasteiger partial charge in [0.05, 0.1) is 23.6 Å². The minimum atomic E-state index is -0.642. The van der Waals surface area contributed by atoms with Crippen molar-refractivity contribution in [3.05, 3.63) is 16.0 Å². The predicted molar refractivity (Wildman–Crippen MR) is 103 cm³/mol. The lowest BCUT2D eigenvalue weighted by atomic mass is 10.1. The van der Waals surface area contributed by atoms with Crippen LogP contribution in [-0.2, 0) is 14.3 Å². The van der Waals surface area contributed by atoms with Crippen LogP contribution in [0, 0.1) is 6.92 Å². The molecule has 0 unspecified atom stereocenters. The number of anilines is 1. The summed E-state index contributed by atoms with van der Waals surface area (Å²) >= 11 is 0.999. The summed E-state index contributed by atoms with van der Waals surface area (Å²) in [6, 6.07) is 0. The molecule has 0 bridgehead atoms. The molecule has 0 atom stereocenters. The highest BCUT2D eigenvalue weighted by Gasteiger charge is 2.26. The second kappa shape index (κ2) is 10.4. The van der Waals surface area contributed by atoms with Crippen molar-refractivity contribution in [3.8, 4) is 0 Å². The van der Waals surface area contributed by atoms with Crippen molar-refractivity contribution in [2.24, 2.45) is 5.73 Å². The van der Waals surface area contributed by atoms with Crippen LogP contribution in [0.3, 0.4) is 0 Å². The highest BCUT2D eigenvalue weighted by Crippen LogP contribution is 2.33. The van der Waals surface area contributed by atoms with Crippen LogP contribution in [0.25, 0.3) is 0 Å². The Balaban J connectivity index is 2.13. The number of amides is 2. The average molecular weight is 397 g/mol. The van der Waals surface area contributed by atoms with Gasteiger partial charge in [0.15, 0.2) is 0 Å². The van der Waals surface area contributed by atoms with Gasteiger partial charge < -0.3 is 20.5 Å². The van der Waals surface area contributed by atoms with Crippen LogP contribution in [-0.4, -0.2) is 62.6 Å². The van der Waals surface area contributed by atoms with Crippen molar-refractivity contribution >= 4 is 34.1 Å². The maximum Gasteiger partial charge on any atom is 0.341 e. The molecule has 150 valence electrons. The highest BCUT2D eigenvalue weighted by atomic mass is 32.1. The third kappa shape index (κ3) is 6.02. The van der Waals surface area contributed by atoms with Crippen molar-refractivity contribution in [1.82, 2.24) is 4.90 Å². The largest absolute Gasteiger partial charge is 0.460 e. The Morgan fingerprint density at radius 1 is 1.15 bits per heavy atom. The molecule has 1 aliphatic heterocycles. The zero-order chi connectivity index (χ0) is 19.8. The molecule has 2 rings (SSSR count). The Kier molecular flexibility index (Phi) is 8.21. The quantitative estimate of drug-likeness (QED) is 0.511. The van der Waals surface area contributed by atoms with Crippen LogP contribution < -0.4 is 11.1 Å². The average Bonchev–Trinajstić information content (AvgIpc) is 2.77. The van der Waals surface area contributed by atoms with Crippen molar-refractivity contribution in [3.63, 3.8) is 0 Å². The molecule has 3 N–H and O–H groups in total. The number of carbonyl (C=O) groups is 3. The van der Waals surface area contributed by atoms with Gasteiger partial charge in [0.25, 0.3) is 5.91 Å². The summed E-state index contributed by atoms with van der Waals surface area (Å²) in [5.41, 5.74) is 5.99. The summed E-state index contributed by atoms with van der Waals surface area (Å²) in [4.78, 5) is 38.9. The number of nitrogens with zero attached hydrogens (tertiary/aromatic N) is 1. The van der Waals surface area contributed by atoms with Gasteiger partial charge in [0.2, 0.25) is 5.91 Å².